The Morgan fingerprint density at radius 2 is 1.93 bits per heavy atom. The molecule has 1 fully saturated rings. The third-order valence-electron chi connectivity index (χ3n) is 2.15. The minimum atomic E-state index is -0.771. The molecule has 0 saturated carbocycles. The van der Waals surface area contributed by atoms with E-state index in [0.29, 0.717) is 13.1 Å². The maximum atomic E-state index is 11.4. The normalized spacial score (nSPS) is 16.1. The quantitative estimate of drug-likeness (QED) is 0.372. The second-order valence-electron chi connectivity index (χ2n) is 3.24. The number of esters is 1. The molecule has 0 unspecified atom stereocenters. The van der Waals surface area contributed by atoms with Crippen molar-refractivity contribution < 1.29 is 14.3 Å². The second kappa shape index (κ2) is 5.42. The molecule has 0 aromatic rings. The number of nitrogens with zero attached hydrogens (tertiary/aromatic N) is 1. The van der Waals surface area contributed by atoms with E-state index in [9.17, 15) is 9.59 Å². The van der Waals surface area contributed by atoms with Crippen molar-refractivity contribution in [2.45, 2.75) is 19.3 Å². The summed E-state index contributed by atoms with van der Waals surface area (Å²) >= 11 is 0. The molecule has 78 valence electrons. The van der Waals surface area contributed by atoms with Gasteiger partial charge in [0.25, 0.3) is 0 Å². The van der Waals surface area contributed by atoms with Gasteiger partial charge in [-0.1, -0.05) is 12.7 Å². The van der Waals surface area contributed by atoms with Crippen molar-refractivity contribution in [2.75, 3.05) is 19.7 Å². The van der Waals surface area contributed by atoms with E-state index in [2.05, 4.69) is 11.3 Å². The average molecular weight is 197 g/mol. The first-order valence-corrected chi connectivity index (χ1v) is 4.82. The Morgan fingerprint density at radius 3 is 2.50 bits per heavy atom. The number of carbonyl (C=O) groups excluding carboxylic acids is 2. The van der Waals surface area contributed by atoms with Crippen molar-refractivity contribution in [1.82, 2.24) is 4.90 Å². The Balaban J connectivity index is 2.38. The van der Waals surface area contributed by atoms with Gasteiger partial charge in [0.05, 0.1) is 0 Å². The number of hydrogen-bond acceptors (Lipinski definition) is 3. The van der Waals surface area contributed by atoms with Crippen LogP contribution in [0.3, 0.4) is 0 Å². The largest absolute Gasteiger partial charge is 0.454 e. The smallest absolute Gasteiger partial charge is 0.397 e. The van der Waals surface area contributed by atoms with Gasteiger partial charge in [-0.25, -0.2) is 4.79 Å². The van der Waals surface area contributed by atoms with E-state index in [1.807, 2.05) is 0 Å². The number of amides is 1. The highest BCUT2D eigenvalue weighted by Gasteiger charge is 2.24. The highest BCUT2D eigenvalue weighted by atomic mass is 16.5. The number of piperidine rings is 1. The van der Waals surface area contributed by atoms with Gasteiger partial charge in [-0.2, -0.15) is 0 Å². The van der Waals surface area contributed by atoms with Crippen LogP contribution >= 0.6 is 0 Å². The van der Waals surface area contributed by atoms with Gasteiger partial charge >= 0.3 is 11.9 Å². The van der Waals surface area contributed by atoms with E-state index in [4.69, 9.17) is 0 Å². The first-order chi connectivity index (χ1) is 6.75. The van der Waals surface area contributed by atoms with Gasteiger partial charge in [-0.3, -0.25) is 4.79 Å². The summed E-state index contributed by atoms with van der Waals surface area (Å²) in [6.45, 7) is 4.84. The van der Waals surface area contributed by atoms with Crippen molar-refractivity contribution in [3.05, 3.63) is 12.7 Å². The summed E-state index contributed by atoms with van der Waals surface area (Å²) in [5.41, 5.74) is 0. The zero-order valence-corrected chi connectivity index (χ0v) is 8.20. The van der Waals surface area contributed by atoms with Crippen molar-refractivity contribution in [3.63, 3.8) is 0 Å². The monoisotopic (exact) mass is 197 g/mol. The summed E-state index contributed by atoms with van der Waals surface area (Å²) in [6.07, 6.45) is 4.52. The first kappa shape index (κ1) is 10.8. The lowest BCUT2D eigenvalue weighted by Gasteiger charge is -2.25. The molecule has 1 amide bonds. The van der Waals surface area contributed by atoms with Gasteiger partial charge in [0, 0.05) is 13.1 Å². The Morgan fingerprint density at radius 1 is 1.29 bits per heavy atom. The fourth-order valence-electron chi connectivity index (χ4n) is 1.42. The SMILES string of the molecule is C=CCOC(=O)C(=O)N1CCCCC1. The molecule has 1 aliphatic heterocycles. The Hall–Kier alpha value is -1.32. The Labute approximate surface area is 83.5 Å². The fourth-order valence-corrected chi connectivity index (χ4v) is 1.42. The molecule has 14 heavy (non-hydrogen) atoms. The summed E-state index contributed by atoms with van der Waals surface area (Å²) in [6, 6.07) is 0. The van der Waals surface area contributed by atoms with Crippen LogP contribution in [0.2, 0.25) is 0 Å². The lowest BCUT2D eigenvalue weighted by molar-refractivity contribution is -0.159. The van der Waals surface area contributed by atoms with Crippen LogP contribution in [0.4, 0.5) is 0 Å². The molecule has 1 rings (SSSR count). The molecule has 0 aromatic heterocycles. The summed E-state index contributed by atoms with van der Waals surface area (Å²) in [5, 5.41) is 0. The zero-order valence-electron chi connectivity index (χ0n) is 8.20. The number of carbonyl (C=O) groups is 2. The molecule has 4 heteroatoms. The average Bonchev–Trinajstić information content (AvgIpc) is 2.26. The maximum absolute atomic E-state index is 11.4. The van der Waals surface area contributed by atoms with Gasteiger partial charge in [0.15, 0.2) is 0 Å². The molecular formula is C10H15NO3. The highest BCUT2D eigenvalue weighted by Crippen LogP contribution is 2.08. The van der Waals surface area contributed by atoms with Crippen molar-refractivity contribution in [2.24, 2.45) is 0 Å². The number of hydrogen-bond donors (Lipinski definition) is 0. The Bertz CT molecular complexity index is 232. The third-order valence-corrected chi connectivity index (χ3v) is 2.15. The minimum Gasteiger partial charge on any atom is -0.454 e. The van der Waals surface area contributed by atoms with Gasteiger partial charge in [0.1, 0.15) is 6.61 Å². The summed E-state index contributed by atoms with van der Waals surface area (Å²) in [7, 11) is 0. The predicted octanol–water partition coefficient (Wildman–Crippen LogP) is 0.728. The van der Waals surface area contributed by atoms with Gasteiger partial charge in [-0.15, -0.1) is 0 Å². The molecular weight excluding hydrogens is 182 g/mol. The molecule has 0 bridgehead atoms. The predicted molar refractivity (Wildman–Crippen MR) is 51.6 cm³/mol. The van der Waals surface area contributed by atoms with Crippen molar-refractivity contribution >= 4 is 11.9 Å². The van der Waals surface area contributed by atoms with Crippen LogP contribution < -0.4 is 0 Å². The van der Waals surface area contributed by atoms with Crippen LogP contribution in [0.15, 0.2) is 12.7 Å². The van der Waals surface area contributed by atoms with Crippen molar-refractivity contribution in [3.8, 4) is 0 Å². The summed E-state index contributed by atoms with van der Waals surface area (Å²) in [5.74, 6) is -1.29. The lowest BCUT2D eigenvalue weighted by atomic mass is 10.1. The van der Waals surface area contributed by atoms with E-state index < -0.39 is 11.9 Å². The maximum Gasteiger partial charge on any atom is 0.397 e. The fraction of sp³-hybridized carbons (Fsp3) is 0.600. The molecule has 0 aromatic carbocycles. The van der Waals surface area contributed by atoms with E-state index in [0.717, 1.165) is 19.3 Å². The molecule has 0 aliphatic carbocycles. The highest BCUT2D eigenvalue weighted by molar-refractivity contribution is 6.32. The lowest BCUT2D eigenvalue weighted by Crippen LogP contribution is -2.40. The minimum absolute atomic E-state index is 0.0956. The van der Waals surface area contributed by atoms with E-state index in [-0.39, 0.29) is 6.61 Å². The number of ether oxygens (including phenoxy) is 1. The van der Waals surface area contributed by atoms with Crippen LogP contribution in [0.5, 0.6) is 0 Å². The third kappa shape index (κ3) is 2.87. The topological polar surface area (TPSA) is 46.6 Å². The van der Waals surface area contributed by atoms with E-state index in [1.54, 1.807) is 4.90 Å². The first-order valence-electron chi connectivity index (χ1n) is 4.82. The van der Waals surface area contributed by atoms with Gasteiger partial charge in [0.2, 0.25) is 0 Å². The Kier molecular flexibility index (Phi) is 4.16. The second-order valence-corrected chi connectivity index (χ2v) is 3.24. The standard InChI is InChI=1S/C10H15NO3/c1-2-8-14-10(13)9(12)11-6-4-3-5-7-11/h2H,1,3-8H2. The van der Waals surface area contributed by atoms with Crippen LogP contribution in [0.25, 0.3) is 0 Å². The molecule has 1 aliphatic rings. The number of rotatable bonds is 2. The van der Waals surface area contributed by atoms with Crippen LogP contribution in [-0.4, -0.2) is 36.5 Å². The van der Waals surface area contributed by atoms with Gasteiger partial charge in [-0.05, 0) is 19.3 Å². The molecule has 1 heterocycles. The van der Waals surface area contributed by atoms with E-state index >= 15 is 0 Å². The molecule has 0 N–H and O–H groups in total. The molecule has 0 atom stereocenters. The van der Waals surface area contributed by atoms with Gasteiger partial charge < -0.3 is 9.64 Å². The van der Waals surface area contributed by atoms with Crippen LogP contribution in [-0.2, 0) is 14.3 Å². The van der Waals surface area contributed by atoms with Crippen LogP contribution in [0, 0.1) is 0 Å². The van der Waals surface area contributed by atoms with Crippen LogP contribution in [0.1, 0.15) is 19.3 Å². The molecule has 0 spiro atoms. The summed E-state index contributed by atoms with van der Waals surface area (Å²) < 4.78 is 4.66. The number of likely N-dealkylation sites (tertiary alicyclic amines) is 1. The zero-order chi connectivity index (χ0) is 10.4. The van der Waals surface area contributed by atoms with E-state index in [1.165, 1.54) is 6.08 Å². The molecule has 0 radical (unpaired) electrons. The summed E-state index contributed by atoms with van der Waals surface area (Å²) in [4.78, 5) is 24.1. The molecule has 1 saturated heterocycles. The van der Waals surface area contributed by atoms with Crippen molar-refractivity contribution in [1.29, 1.82) is 0 Å². The molecule has 4 nitrogen and oxygen atoms in total.